The van der Waals surface area contributed by atoms with Crippen LogP contribution in [0.3, 0.4) is 0 Å². The average molecular weight is 260 g/mol. The first kappa shape index (κ1) is 14.1. The van der Waals surface area contributed by atoms with Gasteiger partial charge in [-0.25, -0.2) is 4.18 Å². The van der Waals surface area contributed by atoms with Crippen molar-refractivity contribution in [3.05, 3.63) is 29.8 Å². The summed E-state index contributed by atoms with van der Waals surface area (Å²) in [6.45, 7) is 3.18. The van der Waals surface area contributed by atoms with Gasteiger partial charge in [0, 0.05) is 0 Å². The zero-order valence-electron chi connectivity index (χ0n) is 9.79. The minimum absolute atomic E-state index is 0.0323. The van der Waals surface area contributed by atoms with E-state index >= 15 is 0 Å². The molecule has 1 rings (SSSR count). The Balaban J connectivity index is 2.71. The molecule has 1 aromatic rings. The Morgan fingerprint density at radius 1 is 1.29 bits per heavy atom. The maximum absolute atomic E-state index is 11.8. The molecule has 0 saturated carbocycles. The quantitative estimate of drug-likeness (QED) is 0.611. The monoisotopic (exact) mass is 260 g/mol. The van der Waals surface area contributed by atoms with Crippen LogP contribution >= 0.6 is 0 Å². The second-order valence-electron chi connectivity index (χ2n) is 3.53. The molecule has 0 saturated heterocycles. The summed E-state index contributed by atoms with van der Waals surface area (Å²) in [4.78, 5) is 0.0857. The SMILES string of the molecule is Cc1ccc(S(=O)(=O)OC(C)OCCO)cc1. The Labute approximate surface area is 101 Å². The lowest BCUT2D eigenvalue weighted by Gasteiger charge is -2.13. The van der Waals surface area contributed by atoms with Gasteiger partial charge in [0.05, 0.1) is 18.1 Å². The van der Waals surface area contributed by atoms with Gasteiger partial charge in [0.2, 0.25) is 0 Å². The van der Waals surface area contributed by atoms with Gasteiger partial charge in [0.25, 0.3) is 10.1 Å². The van der Waals surface area contributed by atoms with Crippen LogP contribution in [-0.4, -0.2) is 33.0 Å². The number of aryl methyl sites for hydroxylation is 1. The van der Waals surface area contributed by atoms with Crippen molar-refractivity contribution in [3.8, 4) is 0 Å². The summed E-state index contributed by atoms with van der Waals surface area (Å²) < 4.78 is 33.2. The minimum atomic E-state index is -3.81. The summed E-state index contributed by atoms with van der Waals surface area (Å²) in [6.07, 6.45) is -0.923. The molecule has 0 amide bonds. The minimum Gasteiger partial charge on any atom is -0.394 e. The fourth-order valence-corrected chi connectivity index (χ4v) is 2.18. The van der Waals surface area contributed by atoms with Gasteiger partial charge in [-0.1, -0.05) is 17.7 Å². The molecule has 1 N–H and O–H groups in total. The molecule has 0 aliphatic rings. The maximum atomic E-state index is 11.8. The number of benzene rings is 1. The van der Waals surface area contributed by atoms with Crippen molar-refractivity contribution in [2.75, 3.05) is 13.2 Å². The highest BCUT2D eigenvalue weighted by Gasteiger charge is 2.18. The molecule has 1 atom stereocenters. The molecule has 0 aliphatic carbocycles. The van der Waals surface area contributed by atoms with E-state index in [-0.39, 0.29) is 18.1 Å². The van der Waals surface area contributed by atoms with Gasteiger partial charge < -0.3 is 9.84 Å². The molecule has 6 heteroatoms. The van der Waals surface area contributed by atoms with Crippen molar-refractivity contribution >= 4 is 10.1 Å². The predicted molar refractivity (Wildman–Crippen MR) is 61.9 cm³/mol. The fraction of sp³-hybridized carbons (Fsp3) is 0.455. The Hall–Kier alpha value is -0.950. The number of aliphatic hydroxyl groups is 1. The van der Waals surface area contributed by atoms with Crippen LogP contribution in [-0.2, 0) is 19.0 Å². The molecule has 1 aromatic carbocycles. The van der Waals surface area contributed by atoms with Crippen molar-refractivity contribution in [1.82, 2.24) is 0 Å². The summed E-state index contributed by atoms with van der Waals surface area (Å²) in [5.74, 6) is 0. The summed E-state index contributed by atoms with van der Waals surface area (Å²) >= 11 is 0. The Kier molecular flexibility index (Phi) is 5.07. The highest BCUT2D eigenvalue weighted by molar-refractivity contribution is 7.86. The van der Waals surface area contributed by atoms with Crippen molar-refractivity contribution in [2.24, 2.45) is 0 Å². The topological polar surface area (TPSA) is 72.8 Å². The molecule has 17 heavy (non-hydrogen) atoms. The Bertz CT molecular complexity index is 437. The fourth-order valence-electron chi connectivity index (χ4n) is 1.19. The van der Waals surface area contributed by atoms with E-state index in [9.17, 15) is 8.42 Å². The van der Waals surface area contributed by atoms with Gasteiger partial charge >= 0.3 is 0 Å². The molecule has 0 bridgehead atoms. The largest absolute Gasteiger partial charge is 0.394 e. The summed E-state index contributed by atoms with van der Waals surface area (Å²) in [7, 11) is -3.81. The van der Waals surface area contributed by atoms with Crippen LogP contribution in [0.4, 0.5) is 0 Å². The number of rotatable bonds is 6. The Morgan fingerprint density at radius 2 is 1.88 bits per heavy atom. The summed E-state index contributed by atoms with van der Waals surface area (Å²) in [6, 6.07) is 6.33. The molecule has 1 unspecified atom stereocenters. The molecule has 0 radical (unpaired) electrons. The number of hydrogen-bond donors (Lipinski definition) is 1. The first-order chi connectivity index (χ1) is 7.95. The summed E-state index contributed by atoms with van der Waals surface area (Å²) in [5.41, 5.74) is 0.966. The third-order valence-corrected chi connectivity index (χ3v) is 3.39. The highest BCUT2D eigenvalue weighted by Crippen LogP contribution is 2.15. The smallest absolute Gasteiger partial charge is 0.299 e. The lowest BCUT2D eigenvalue weighted by molar-refractivity contribution is -0.0724. The van der Waals surface area contributed by atoms with E-state index in [1.807, 2.05) is 6.92 Å². The zero-order valence-corrected chi connectivity index (χ0v) is 10.6. The van der Waals surface area contributed by atoms with Gasteiger partial charge in [-0.05, 0) is 26.0 Å². The first-order valence-corrected chi connectivity index (χ1v) is 6.59. The van der Waals surface area contributed by atoms with Crippen LogP contribution in [0.2, 0.25) is 0 Å². The van der Waals surface area contributed by atoms with Crippen molar-refractivity contribution in [1.29, 1.82) is 0 Å². The zero-order chi connectivity index (χ0) is 12.9. The van der Waals surface area contributed by atoms with Crippen LogP contribution < -0.4 is 0 Å². The molecule has 0 fully saturated rings. The van der Waals surface area contributed by atoms with Gasteiger partial charge in [-0.2, -0.15) is 8.42 Å². The molecule has 5 nitrogen and oxygen atoms in total. The number of aliphatic hydroxyl groups excluding tert-OH is 1. The first-order valence-electron chi connectivity index (χ1n) is 5.18. The average Bonchev–Trinajstić information content (AvgIpc) is 2.26. The van der Waals surface area contributed by atoms with E-state index < -0.39 is 16.4 Å². The predicted octanol–water partition coefficient (Wildman–Crippen LogP) is 1.06. The third-order valence-electron chi connectivity index (χ3n) is 2.02. The maximum Gasteiger partial charge on any atom is 0.299 e. The standard InChI is InChI=1S/C11H16O5S/c1-9-3-5-11(6-4-9)17(13,14)16-10(2)15-8-7-12/h3-6,10,12H,7-8H2,1-2H3. The van der Waals surface area contributed by atoms with E-state index in [4.69, 9.17) is 14.0 Å². The van der Waals surface area contributed by atoms with Gasteiger partial charge in [0.15, 0.2) is 6.29 Å². The molecule has 0 spiro atoms. The van der Waals surface area contributed by atoms with Gasteiger partial charge in [0.1, 0.15) is 0 Å². The van der Waals surface area contributed by atoms with Crippen molar-refractivity contribution < 1.29 is 22.4 Å². The van der Waals surface area contributed by atoms with Crippen LogP contribution in [0, 0.1) is 6.92 Å². The normalized spacial score (nSPS) is 13.6. The highest BCUT2D eigenvalue weighted by atomic mass is 32.2. The third kappa shape index (κ3) is 4.43. The summed E-state index contributed by atoms with van der Waals surface area (Å²) in [5, 5.41) is 8.53. The number of hydrogen-bond acceptors (Lipinski definition) is 5. The lowest BCUT2D eigenvalue weighted by Crippen LogP contribution is -2.20. The molecule has 0 heterocycles. The van der Waals surface area contributed by atoms with E-state index in [2.05, 4.69) is 0 Å². The molecule has 0 aliphatic heterocycles. The van der Waals surface area contributed by atoms with Crippen molar-refractivity contribution in [2.45, 2.75) is 25.0 Å². The van der Waals surface area contributed by atoms with E-state index in [1.54, 1.807) is 12.1 Å². The second-order valence-corrected chi connectivity index (χ2v) is 5.10. The van der Waals surface area contributed by atoms with Gasteiger partial charge in [-0.3, -0.25) is 0 Å². The lowest BCUT2D eigenvalue weighted by atomic mass is 10.2. The van der Waals surface area contributed by atoms with E-state index in [0.717, 1.165) is 5.56 Å². The molecular weight excluding hydrogens is 244 g/mol. The van der Waals surface area contributed by atoms with Gasteiger partial charge in [-0.15, -0.1) is 0 Å². The van der Waals surface area contributed by atoms with Crippen molar-refractivity contribution in [3.63, 3.8) is 0 Å². The second kappa shape index (κ2) is 6.11. The number of ether oxygens (including phenoxy) is 1. The van der Waals surface area contributed by atoms with Crippen LogP contribution in [0.1, 0.15) is 12.5 Å². The van der Waals surface area contributed by atoms with E-state index in [0.29, 0.717) is 0 Å². The van der Waals surface area contributed by atoms with Crippen LogP contribution in [0.5, 0.6) is 0 Å². The molecule has 96 valence electrons. The molecular formula is C11H16O5S. The Morgan fingerprint density at radius 3 is 2.41 bits per heavy atom. The van der Waals surface area contributed by atoms with Crippen LogP contribution in [0.25, 0.3) is 0 Å². The van der Waals surface area contributed by atoms with E-state index in [1.165, 1.54) is 19.1 Å². The van der Waals surface area contributed by atoms with Crippen LogP contribution in [0.15, 0.2) is 29.2 Å². The molecule has 0 aromatic heterocycles.